The number of amides is 2. The second kappa shape index (κ2) is 9.91. The van der Waals surface area contributed by atoms with Gasteiger partial charge in [-0.1, -0.05) is 45.8 Å². The molecule has 2 aliphatic heterocycles. The number of carbonyl (C=O) groups is 1. The van der Waals surface area contributed by atoms with E-state index in [0.717, 1.165) is 23.1 Å². The molecule has 2 N–H and O–H groups in total. The minimum atomic E-state index is -0.0600. The van der Waals surface area contributed by atoms with Crippen molar-refractivity contribution in [2.45, 2.75) is 37.4 Å². The monoisotopic (exact) mass is 500 g/mol. The first kappa shape index (κ1) is 23.2. The molecule has 2 fully saturated rings. The molecular weight excluding hydrogens is 468 g/mol. The number of rotatable bonds is 4. The van der Waals surface area contributed by atoms with Crippen molar-refractivity contribution in [2.24, 2.45) is 0 Å². The molecular formula is C25H33BrN4O2. The third-order valence-corrected chi connectivity index (χ3v) is 7.53. The molecule has 32 heavy (non-hydrogen) atoms. The summed E-state index contributed by atoms with van der Waals surface area (Å²) in [5, 5.41) is 13.3. The average Bonchev–Trinajstić information content (AvgIpc) is 2.75. The zero-order chi connectivity index (χ0) is 22.8. The van der Waals surface area contributed by atoms with Gasteiger partial charge in [-0.05, 0) is 57.3 Å². The Kier molecular flexibility index (Phi) is 7.20. The van der Waals surface area contributed by atoms with E-state index in [-0.39, 0.29) is 30.6 Å². The Morgan fingerprint density at radius 2 is 1.81 bits per heavy atom. The van der Waals surface area contributed by atoms with Crippen LogP contribution in [0.25, 0.3) is 0 Å². The van der Waals surface area contributed by atoms with E-state index in [9.17, 15) is 9.90 Å². The molecule has 2 amide bonds. The third-order valence-electron chi connectivity index (χ3n) is 7.00. The molecule has 2 aliphatic rings. The van der Waals surface area contributed by atoms with Crippen LogP contribution in [0.4, 0.5) is 10.5 Å². The van der Waals surface area contributed by atoms with Gasteiger partial charge in [0.2, 0.25) is 0 Å². The number of urea groups is 1. The Morgan fingerprint density at radius 3 is 2.44 bits per heavy atom. The summed E-state index contributed by atoms with van der Waals surface area (Å²) < 4.78 is 1.04. The minimum Gasteiger partial charge on any atom is -0.395 e. The molecule has 2 heterocycles. The molecule has 172 valence electrons. The van der Waals surface area contributed by atoms with E-state index in [2.05, 4.69) is 69.4 Å². The van der Waals surface area contributed by atoms with Gasteiger partial charge >= 0.3 is 6.03 Å². The third kappa shape index (κ3) is 4.86. The maximum absolute atomic E-state index is 13.2. The van der Waals surface area contributed by atoms with Crippen LogP contribution in [0.1, 0.15) is 23.5 Å². The topological polar surface area (TPSA) is 59.1 Å². The van der Waals surface area contributed by atoms with Gasteiger partial charge in [0.1, 0.15) is 0 Å². The van der Waals surface area contributed by atoms with Gasteiger partial charge < -0.3 is 20.2 Å². The Balaban J connectivity index is 1.58. The van der Waals surface area contributed by atoms with Gasteiger partial charge in [0.25, 0.3) is 0 Å². The highest BCUT2D eigenvalue weighted by Gasteiger charge is 2.50. The number of fused-ring (bicyclic) bond motifs is 1. The number of halogens is 1. The predicted octanol–water partition coefficient (Wildman–Crippen LogP) is 3.75. The molecule has 1 unspecified atom stereocenters. The Hall–Kier alpha value is -1.93. The standard InChI is InChI=1S/C25H33BrN4O2/c1-17-4-10-20(11-5-17)27-25(32)29-13-12-21(28(2)3)14-30-22(15-29)24(23(30)16-31)18-6-8-19(26)9-7-18/h4-11,21-24,31H,12-16H2,1-3H3,(H,27,32)/t21?,22-,23+,24+/m0/s1. The van der Waals surface area contributed by atoms with E-state index in [4.69, 9.17) is 0 Å². The van der Waals surface area contributed by atoms with Crippen molar-refractivity contribution in [1.29, 1.82) is 0 Å². The number of nitrogens with one attached hydrogen (secondary N) is 1. The number of nitrogens with zero attached hydrogens (tertiary/aromatic N) is 3. The first-order chi connectivity index (χ1) is 15.4. The molecule has 4 rings (SSSR count). The summed E-state index contributed by atoms with van der Waals surface area (Å²) in [5.41, 5.74) is 3.20. The first-order valence-corrected chi connectivity index (χ1v) is 12.1. The lowest BCUT2D eigenvalue weighted by molar-refractivity contribution is -0.0723. The van der Waals surface area contributed by atoms with Crippen molar-refractivity contribution >= 4 is 27.6 Å². The van der Waals surface area contributed by atoms with Gasteiger partial charge in [0, 0.05) is 53.8 Å². The van der Waals surface area contributed by atoms with Crippen molar-refractivity contribution in [3.8, 4) is 0 Å². The lowest BCUT2D eigenvalue weighted by atomic mass is 9.74. The normalized spacial score (nSPS) is 26.1. The van der Waals surface area contributed by atoms with Gasteiger partial charge in [-0.3, -0.25) is 4.90 Å². The molecule has 4 atom stereocenters. The van der Waals surface area contributed by atoms with Crippen LogP contribution in [-0.4, -0.2) is 84.3 Å². The van der Waals surface area contributed by atoms with E-state index in [1.54, 1.807) is 0 Å². The summed E-state index contributed by atoms with van der Waals surface area (Å²) >= 11 is 3.52. The number of benzene rings is 2. The van der Waals surface area contributed by atoms with Crippen molar-refractivity contribution < 1.29 is 9.90 Å². The molecule has 0 radical (unpaired) electrons. The highest BCUT2D eigenvalue weighted by Crippen LogP contribution is 2.42. The summed E-state index contributed by atoms with van der Waals surface area (Å²) in [6.07, 6.45) is 0.901. The number of anilines is 1. The highest BCUT2D eigenvalue weighted by molar-refractivity contribution is 9.10. The first-order valence-electron chi connectivity index (χ1n) is 11.3. The number of aliphatic hydroxyl groups is 1. The van der Waals surface area contributed by atoms with Crippen LogP contribution >= 0.6 is 15.9 Å². The fourth-order valence-electron chi connectivity index (χ4n) is 5.05. The van der Waals surface area contributed by atoms with Crippen LogP contribution < -0.4 is 5.32 Å². The molecule has 2 aromatic carbocycles. The van der Waals surface area contributed by atoms with Gasteiger partial charge in [0.05, 0.1) is 6.61 Å². The van der Waals surface area contributed by atoms with Gasteiger partial charge in [-0.25, -0.2) is 4.79 Å². The van der Waals surface area contributed by atoms with E-state index < -0.39 is 0 Å². The van der Waals surface area contributed by atoms with Crippen molar-refractivity contribution in [3.05, 3.63) is 64.1 Å². The summed E-state index contributed by atoms with van der Waals surface area (Å²) in [5.74, 6) is 0.198. The SMILES string of the molecule is Cc1ccc(NC(=O)N2CCC(N(C)C)CN3[C@H](CO)[C@H](c4ccc(Br)cc4)[C@@H]3C2)cc1. The molecule has 0 spiro atoms. The lowest BCUT2D eigenvalue weighted by Gasteiger charge is -2.58. The van der Waals surface area contributed by atoms with Gasteiger partial charge in [0.15, 0.2) is 0 Å². The van der Waals surface area contributed by atoms with Crippen molar-refractivity contribution in [1.82, 2.24) is 14.7 Å². The van der Waals surface area contributed by atoms with E-state index >= 15 is 0 Å². The second-order valence-electron chi connectivity index (χ2n) is 9.24. The molecule has 0 bridgehead atoms. The van der Waals surface area contributed by atoms with Gasteiger partial charge in [-0.2, -0.15) is 0 Å². The molecule has 0 aromatic heterocycles. The zero-order valence-corrected chi connectivity index (χ0v) is 20.6. The summed E-state index contributed by atoms with van der Waals surface area (Å²) in [4.78, 5) is 19.8. The number of aryl methyl sites for hydroxylation is 1. The lowest BCUT2D eigenvalue weighted by Crippen LogP contribution is -2.70. The predicted molar refractivity (Wildman–Crippen MR) is 132 cm³/mol. The number of hydrogen-bond donors (Lipinski definition) is 2. The molecule has 2 saturated heterocycles. The Labute approximate surface area is 199 Å². The molecule has 2 aromatic rings. The van der Waals surface area contributed by atoms with Crippen LogP contribution in [0.2, 0.25) is 0 Å². The largest absolute Gasteiger partial charge is 0.395 e. The van der Waals surface area contributed by atoms with Crippen LogP contribution in [0, 0.1) is 6.92 Å². The van der Waals surface area contributed by atoms with Crippen molar-refractivity contribution in [2.75, 3.05) is 45.7 Å². The maximum atomic E-state index is 13.2. The zero-order valence-electron chi connectivity index (χ0n) is 19.0. The van der Waals surface area contributed by atoms with Crippen LogP contribution in [0.3, 0.4) is 0 Å². The average molecular weight is 501 g/mol. The van der Waals surface area contributed by atoms with Crippen LogP contribution in [-0.2, 0) is 0 Å². The number of hydrogen-bond acceptors (Lipinski definition) is 4. The van der Waals surface area contributed by atoms with E-state index in [1.807, 2.05) is 36.1 Å². The fourth-order valence-corrected chi connectivity index (χ4v) is 5.32. The summed E-state index contributed by atoms with van der Waals surface area (Å²) in [6, 6.07) is 16.8. The highest BCUT2D eigenvalue weighted by atomic mass is 79.9. The van der Waals surface area contributed by atoms with E-state index in [0.29, 0.717) is 19.1 Å². The van der Waals surface area contributed by atoms with Crippen LogP contribution in [0.15, 0.2) is 53.0 Å². The van der Waals surface area contributed by atoms with Crippen molar-refractivity contribution in [3.63, 3.8) is 0 Å². The molecule has 0 aliphatic carbocycles. The Bertz CT molecular complexity index is 919. The fraction of sp³-hybridized carbons (Fsp3) is 0.480. The quantitative estimate of drug-likeness (QED) is 0.670. The summed E-state index contributed by atoms with van der Waals surface area (Å²) in [7, 11) is 4.19. The molecule has 0 saturated carbocycles. The van der Waals surface area contributed by atoms with E-state index in [1.165, 1.54) is 11.1 Å². The molecule has 7 heteroatoms. The Morgan fingerprint density at radius 1 is 1.12 bits per heavy atom. The maximum Gasteiger partial charge on any atom is 0.321 e. The second-order valence-corrected chi connectivity index (χ2v) is 10.2. The van der Waals surface area contributed by atoms with Gasteiger partial charge in [-0.15, -0.1) is 0 Å². The van der Waals surface area contributed by atoms with Crippen LogP contribution in [0.5, 0.6) is 0 Å². The number of aliphatic hydroxyl groups excluding tert-OH is 1. The molecule has 6 nitrogen and oxygen atoms in total. The smallest absolute Gasteiger partial charge is 0.321 e. The summed E-state index contributed by atoms with van der Waals surface area (Å²) in [6.45, 7) is 4.42. The number of likely N-dealkylation sites (N-methyl/N-ethyl adjacent to an activating group) is 1. The minimum absolute atomic E-state index is 0.0600. The number of carbonyl (C=O) groups excluding carboxylic acids is 1.